The van der Waals surface area contributed by atoms with E-state index in [1.54, 1.807) is 13.8 Å². The molecule has 0 fully saturated rings. The van der Waals surface area contributed by atoms with Gasteiger partial charge in [-0.2, -0.15) is 8.78 Å². The maximum absolute atomic E-state index is 11.9. The number of carbonyl (C=O) groups is 2. The molecule has 0 aliphatic carbocycles. The van der Waals surface area contributed by atoms with Crippen molar-refractivity contribution in [2.24, 2.45) is 5.41 Å². The highest BCUT2D eigenvalue weighted by molar-refractivity contribution is 6.28. The largest absolute Gasteiger partial charge is 0.350 e. The zero-order valence-corrected chi connectivity index (χ0v) is 9.40. The first-order valence-electron chi connectivity index (χ1n) is 4.52. The molecule has 1 unspecified atom stereocenters. The maximum Gasteiger partial charge on any atom is 0.315 e. The molecular formula is C9H14ClF2NO2. The zero-order chi connectivity index (χ0) is 12.1. The number of Topliss-reactive ketones (excluding diaryl/α,β-unsaturated/α-hetero) is 1. The van der Waals surface area contributed by atoms with E-state index in [-0.39, 0.29) is 18.2 Å². The summed E-state index contributed by atoms with van der Waals surface area (Å²) in [5.41, 5.74) is -0.869. The van der Waals surface area contributed by atoms with Crippen molar-refractivity contribution in [1.29, 1.82) is 0 Å². The number of carbonyl (C=O) groups excluding carboxylic acids is 2. The van der Waals surface area contributed by atoms with Crippen LogP contribution in [0.2, 0.25) is 0 Å². The molecule has 0 aromatic heterocycles. The normalized spacial score (nSPS) is 14.8. The molecular weight excluding hydrogens is 228 g/mol. The fraction of sp³-hybridized carbons (Fsp3) is 0.778. The van der Waals surface area contributed by atoms with Crippen LogP contribution in [0.1, 0.15) is 20.3 Å². The van der Waals surface area contributed by atoms with E-state index < -0.39 is 17.7 Å². The van der Waals surface area contributed by atoms with Crippen LogP contribution in [-0.4, -0.2) is 30.5 Å². The lowest BCUT2D eigenvalue weighted by atomic mass is 9.83. The number of alkyl halides is 3. The van der Waals surface area contributed by atoms with E-state index in [9.17, 15) is 18.4 Å². The van der Waals surface area contributed by atoms with Gasteiger partial charge in [0.15, 0.2) is 5.78 Å². The highest BCUT2D eigenvalue weighted by atomic mass is 35.5. The van der Waals surface area contributed by atoms with Gasteiger partial charge in [0.05, 0.1) is 5.88 Å². The minimum absolute atomic E-state index is 0.113. The van der Waals surface area contributed by atoms with Gasteiger partial charge >= 0.3 is 6.43 Å². The number of nitrogens with one attached hydrogen (secondary N) is 1. The standard InChI is InChI=1S/C9H14ClF2NO2/c1-3-9(2,6(14)4-10)5-13-8(15)7(11)12/h7H,3-5H2,1-2H3,(H,13,15). The Bertz CT molecular complexity index is 248. The quantitative estimate of drug-likeness (QED) is 0.718. The van der Waals surface area contributed by atoms with E-state index in [2.05, 4.69) is 0 Å². The summed E-state index contributed by atoms with van der Waals surface area (Å²) in [6.07, 6.45) is -2.63. The summed E-state index contributed by atoms with van der Waals surface area (Å²) in [4.78, 5) is 22.0. The van der Waals surface area contributed by atoms with Crippen LogP contribution < -0.4 is 5.32 Å². The second-order valence-corrected chi connectivity index (χ2v) is 3.76. The van der Waals surface area contributed by atoms with Crippen molar-refractivity contribution in [3.63, 3.8) is 0 Å². The summed E-state index contributed by atoms with van der Waals surface area (Å²) in [6, 6.07) is 0. The highest BCUT2D eigenvalue weighted by Gasteiger charge is 2.31. The van der Waals surface area contributed by atoms with E-state index in [1.807, 2.05) is 5.32 Å². The topological polar surface area (TPSA) is 46.2 Å². The van der Waals surface area contributed by atoms with E-state index in [0.29, 0.717) is 6.42 Å². The van der Waals surface area contributed by atoms with E-state index in [4.69, 9.17) is 11.6 Å². The Morgan fingerprint density at radius 2 is 2.00 bits per heavy atom. The molecule has 6 heteroatoms. The van der Waals surface area contributed by atoms with Gasteiger partial charge in [0.1, 0.15) is 0 Å². The molecule has 3 nitrogen and oxygen atoms in total. The van der Waals surface area contributed by atoms with Crippen LogP contribution in [0.4, 0.5) is 8.78 Å². The first-order valence-corrected chi connectivity index (χ1v) is 5.06. The molecule has 0 saturated carbocycles. The molecule has 88 valence electrons. The van der Waals surface area contributed by atoms with Crippen molar-refractivity contribution in [1.82, 2.24) is 5.32 Å². The third kappa shape index (κ3) is 4.11. The molecule has 1 amide bonds. The van der Waals surface area contributed by atoms with Crippen LogP contribution in [-0.2, 0) is 9.59 Å². The van der Waals surface area contributed by atoms with Crippen LogP contribution >= 0.6 is 11.6 Å². The second kappa shape index (κ2) is 6.00. The number of halogens is 3. The molecule has 0 aromatic carbocycles. The number of ketones is 1. The predicted molar refractivity (Wildman–Crippen MR) is 53.1 cm³/mol. The number of hydrogen-bond acceptors (Lipinski definition) is 2. The summed E-state index contributed by atoms with van der Waals surface area (Å²) < 4.78 is 23.7. The number of hydrogen-bond donors (Lipinski definition) is 1. The van der Waals surface area contributed by atoms with Crippen LogP contribution in [0.25, 0.3) is 0 Å². The van der Waals surface area contributed by atoms with Crippen molar-refractivity contribution in [3.8, 4) is 0 Å². The molecule has 0 spiro atoms. The lowest BCUT2D eigenvalue weighted by Gasteiger charge is -2.25. The summed E-state index contributed by atoms with van der Waals surface area (Å²) in [6.45, 7) is 3.21. The first kappa shape index (κ1) is 14.3. The molecule has 0 saturated heterocycles. The molecule has 0 aromatic rings. The Kier molecular flexibility index (Phi) is 5.72. The summed E-state index contributed by atoms with van der Waals surface area (Å²) in [7, 11) is 0. The third-order valence-corrected chi connectivity index (χ3v) is 2.67. The van der Waals surface area contributed by atoms with E-state index >= 15 is 0 Å². The van der Waals surface area contributed by atoms with E-state index in [0.717, 1.165) is 0 Å². The van der Waals surface area contributed by atoms with Gasteiger partial charge in [-0.1, -0.05) is 13.8 Å². The van der Waals surface area contributed by atoms with Gasteiger partial charge in [-0.15, -0.1) is 11.6 Å². The number of amides is 1. The van der Waals surface area contributed by atoms with Crippen molar-refractivity contribution in [2.75, 3.05) is 12.4 Å². The Labute approximate surface area is 92.2 Å². The molecule has 1 N–H and O–H groups in total. The van der Waals surface area contributed by atoms with Crippen LogP contribution in [0, 0.1) is 5.41 Å². The molecule has 0 bridgehead atoms. The predicted octanol–water partition coefficient (Wildman–Crippen LogP) is 1.59. The van der Waals surface area contributed by atoms with Gasteiger partial charge in [0.2, 0.25) is 0 Å². The summed E-state index contributed by atoms with van der Waals surface area (Å²) >= 11 is 5.38. The first-order chi connectivity index (χ1) is 6.87. The van der Waals surface area contributed by atoms with Crippen LogP contribution in [0.15, 0.2) is 0 Å². The van der Waals surface area contributed by atoms with E-state index in [1.165, 1.54) is 0 Å². The van der Waals surface area contributed by atoms with Gasteiger partial charge in [-0.3, -0.25) is 9.59 Å². The van der Waals surface area contributed by atoms with Gasteiger partial charge in [0, 0.05) is 12.0 Å². The van der Waals surface area contributed by atoms with Crippen molar-refractivity contribution >= 4 is 23.3 Å². The fourth-order valence-corrected chi connectivity index (χ4v) is 1.26. The number of rotatable bonds is 6. The molecule has 0 aliphatic heterocycles. The van der Waals surface area contributed by atoms with Gasteiger partial charge < -0.3 is 5.32 Å². The minimum atomic E-state index is -3.06. The minimum Gasteiger partial charge on any atom is -0.350 e. The van der Waals surface area contributed by atoms with Gasteiger partial charge in [0.25, 0.3) is 5.91 Å². The van der Waals surface area contributed by atoms with Crippen LogP contribution in [0.3, 0.4) is 0 Å². The summed E-state index contributed by atoms with van der Waals surface area (Å²) in [5.74, 6) is -1.81. The van der Waals surface area contributed by atoms with Crippen molar-refractivity contribution in [2.45, 2.75) is 26.7 Å². The Hall–Kier alpha value is -0.710. The fourth-order valence-electron chi connectivity index (χ4n) is 0.941. The Morgan fingerprint density at radius 3 is 2.33 bits per heavy atom. The molecule has 15 heavy (non-hydrogen) atoms. The SMILES string of the molecule is CCC(C)(CNC(=O)C(F)F)C(=O)CCl. The summed E-state index contributed by atoms with van der Waals surface area (Å²) in [5, 5.41) is 2.02. The monoisotopic (exact) mass is 241 g/mol. The highest BCUT2D eigenvalue weighted by Crippen LogP contribution is 2.22. The van der Waals surface area contributed by atoms with Gasteiger partial charge in [-0.05, 0) is 6.42 Å². The van der Waals surface area contributed by atoms with Crippen molar-refractivity contribution in [3.05, 3.63) is 0 Å². The average Bonchev–Trinajstić information content (AvgIpc) is 2.23. The van der Waals surface area contributed by atoms with Crippen molar-refractivity contribution < 1.29 is 18.4 Å². The zero-order valence-electron chi connectivity index (χ0n) is 8.65. The third-order valence-electron chi connectivity index (χ3n) is 2.43. The lowest BCUT2D eigenvalue weighted by molar-refractivity contribution is -0.133. The molecule has 1 atom stereocenters. The molecule has 0 aliphatic rings. The van der Waals surface area contributed by atoms with Gasteiger partial charge in [-0.25, -0.2) is 0 Å². The molecule has 0 heterocycles. The van der Waals surface area contributed by atoms with Crippen LogP contribution in [0.5, 0.6) is 0 Å². The molecule has 0 rings (SSSR count). The lowest BCUT2D eigenvalue weighted by Crippen LogP contribution is -2.43. The molecule has 0 radical (unpaired) electrons. The Balaban J connectivity index is 4.33. The Morgan fingerprint density at radius 1 is 1.47 bits per heavy atom. The smallest absolute Gasteiger partial charge is 0.315 e. The maximum atomic E-state index is 11.9. The average molecular weight is 242 g/mol. The second-order valence-electron chi connectivity index (χ2n) is 3.49.